The quantitative estimate of drug-likeness (QED) is 0.850. The number of hydrogen-bond donors (Lipinski definition) is 1. The second-order valence-corrected chi connectivity index (χ2v) is 4.91. The molecular formula is C13H19FN2. The first kappa shape index (κ1) is 11.5. The number of aromatic nitrogens is 1. The van der Waals surface area contributed by atoms with Crippen molar-refractivity contribution in [3.05, 3.63) is 29.8 Å². The highest BCUT2D eigenvalue weighted by Gasteiger charge is 2.37. The molecule has 1 aliphatic rings. The van der Waals surface area contributed by atoms with Crippen LogP contribution in [0.1, 0.15) is 38.7 Å². The van der Waals surface area contributed by atoms with Crippen LogP contribution in [0.4, 0.5) is 4.39 Å². The zero-order valence-corrected chi connectivity index (χ0v) is 9.96. The first-order valence-electron chi connectivity index (χ1n) is 5.99. The predicted molar refractivity (Wildman–Crippen MR) is 62.9 cm³/mol. The van der Waals surface area contributed by atoms with Gasteiger partial charge in [0.05, 0.1) is 6.20 Å². The number of rotatable bonds is 3. The maximum Gasteiger partial charge on any atom is 0.145 e. The Morgan fingerprint density at radius 2 is 2.44 bits per heavy atom. The van der Waals surface area contributed by atoms with Crippen LogP contribution in [0.2, 0.25) is 0 Å². The highest BCUT2D eigenvalue weighted by Crippen LogP contribution is 2.41. The van der Waals surface area contributed by atoms with Gasteiger partial charge in [0, 0.05) is 12.2 Å². The van der Waals surface area contributed by atoms with Crippen LogP contribution in [-0.2, 0) is 5.41 Å². The van der Waals surface area contributed by atoms with E-state index in [9.17, 15) is 4.39 Å². The van der Waals surface area contributed by atoms with Crippen molar-refractivity contribution in [1.82, 2.24) is 10.3 Å². The highest BCUT2D eigenvalue weighted by atomic mass is 19.1. The molecule has 1 aliphatic carbocycles. The molecule has 2 unspecified atom stereocenters. The van der Waals surface area contributed by atoms with E-state index in [1.165, 1.54) is 6.20 Å². The van der Waals surface area contributed by atoms with Crippen molar-refractivity contribution in [3.63, 3.8) is 0 Å². The summed E-state index contributed by atoms with van der Waals surface area (Å²) < 4.78 is 13.7. The molecule has 2 rings (SSSR count). The number of nitrogens with zero attached hydrogens (tertiary/aromatic N) is 1. The average molecular weight is 222 g/mol. The summed E-state index contributed by atoms with van der Waals surface area (Å²) in [5.74, 6) is -0.165. The maximum absolute atomic E-state index is 13.7. The lowest BCUT2D eigenvalue weighted by Crippen LogP contribution is -2.29. The summed E-state index contributed by atoms with van der Waals surface area (Å²) in [6.45, 7) is 5.25. The van der Waals surface area contributed by atoms with E-state index in [-0.39, 0.29) is 11.2 Å². The number of halogens is 1. The third-order valence-electron chi connectivity index (χ3n) is 3.66. The normalized spacial score (nSPS) is 29.6. The Bertz CT molecular complexity index is 367. The number of hydrogen-bond acceptors (Lipinski definition) is 2. The number of pyridine rings is 1. The molecule has 16 heavy (non-hydrogen) atoms. The summed E-state index contributed by atoms with van der Waals surface area (Å²) in [5, 5.41) is 3.45. The lowest BCUT2D eigenvalue weighted by atomic mass is 9.81. The standard InChI is InChI=1S/C13H19FN2/c1-3-16-10-4-6-13(2,8-10)11-5-7-15-9-12(11)14/h5,7,9-10,16H,3-4,6,8H2,1-2H3. The fraction of sp³-hybridized carbons (Fsp3) is 0.615. The smallest absolute Gasteiger partial charge is 0.145 e. The van der Waals surface area contributed by atoms with Crippen molar-refractivity contribution >= 4 is 0 Å². The van der Waals surface area contributed by atoms with Crippen molar-refractivity contribution in [2.45, 2.75) is 44.6 Å². The Hall–Kier alpha value is -0.960. The van der Waals surface area contributed by atoms with Crippen molar-refractivity contribution < 1.29 is 4.39 Å². The molecule has 0 saturated heterocycles. The Morgan fingerprint density at radius 1 is 1.62 bits per heavy atom. The Kier molecular flexibility index (Phi) is 3.24. The van der Waals surface area contributed by atoms with E-state index in [4.69, 9.17) is 0 Å². The van der Waals surface area contributed by atoms with E-state index in [2.05, 4.69) is 24.1 Å². The summed E-state index contributed by atoms with van der Waals surface area (Å²) >= 11 is 0. The van der Waals surface area contributed by atoms with Gasteiger partial charge in [0.15, 0.2) is 0 Å². The minimum Gasteiger partial charge on any atom is -0.314 e. The lowest BCUT2D eigenvalue weighted by Gasteiger charge is -2.25. The summed E-state index contributed by atoms with van der Waals surface area (Å²) in [5.41, 5.74) is 0.794. The zero-order chi connectivity index (χ0) is 11.6. The monoisotopic (exact) mass is 222 g/mol. The van der Waals surface area contributed by atoms with Gasteiger partial charge < -0.3 is 5.32 Å². The molecule has 0 spiro atoms. The van der Waals surface area contributed by atoms with Crippen molar-refractivity contribution in [2.75, 3.05) is 6.54 Å². The minimum absolute atomic E-state index is 0.0279. The minimum atomic E-state index is -0.165. The van der Waals surface area contributed by atoms with Crippen LogP contribution in [0.3, 0.4) is 0 Å². The van der Waals surface area contributed by atoms with Gasteiger partial charge >= 0.3 is 0 Å². The third-order valence-corrected chi connectivity index (χ3v) is 3.66. The molecule has 1 N–H and O–H groups in total. The second kappa shape index (κ2) is 4.50. The molecule has 1 heterocycles. The lowest BCUT2D eigenvalue weighted by molar-refractivity contribution is 0.434. The van der Waals surface area contributed by atoms with E-state index in [0.29, 0.717) is 6.04 Å². The maximum atomic E-state index is 13.7. The molecule has 3 heteroatoms. The molecule has 0 radical (unpaired) electrons. The fourth-order valence-electron chi connectivity index (χ4n) is 2.81. The van der Waals surface area contributed by atoms with E-state index in [1.54, 1.807) is 6.20 Å². The molecule has 2 atom stereocenters. The van der Waals surface area contributed by atoms with Gasteiger partial charge in [0.25, 0.3) is 0 Å². The molecule has 0 amide bonds. The predicted octanol–water partition coefficient (Wildman–Crippen LogP) is 2.64. The van der Waals surface area contributed by atoms with Crippen LogP contribution >= 0.6 is 0 Å². The van der Waals surface area contributed by atoms with Crippen LogP contribution in [0.15, 0.2) is 18.5 Å². The second-order valence-electron chi connectivity index (χ2n) is 4.91. The molecule has 1 saturated carbocycles. The molecule has 2 nitrogen and oxygen atoms in total. The first-order valence-corrected chi connectivity index (χ1v) is 5.99. The zero-order valence-electron chi connectivity index (χ0n) is 9.96. The third kappa shape index (κ3) is 2.09. The fourth-order valence-corrected chi connectivity index (χ4v) is 2.81. The SMILES string of the molecule is CCNC1CCC(C)(c2ccncc2F)C1. The molecule has 0 aromatic carbocycles. The summed E-state index contributed by atoms with van der Waals surface area (Å²) in [4.78, 5) is 3.81. The van der Waals surface area contributed by atoms with Gasteiger partial charge in [-0.3, -0.25) is 4.98 Å². The molecule has 0 aliphatic heterocycles. The van der Waals surface area contributed by atoms with Gasteiger partial charge in [0.2, 0.25) is 0 Å². The van der Waals surface area contributed by atoms with Gasteiger partial charge in [-0.1, -0.05) is 13.8 Å². The summed E-state index contributed by atoms with van der Waals surface area (Å²) in [6, 6.07) is 2.35. The van der Waals surface area contributed by atoms with Gasteiger partial charge in [-0.15, -0.1) is 0 Å². The van der Waals surface area contributed by atoms with Crippen LogP contribution in [0.5, 0.6) is 0 Å². The van der Waals surface area contributed by atoms with Crippen molar-refractivity contribution in [1.29, 1.82) is 0 Å². The van der Waals surface area contributed by atoms with E-state index in [0.717, 1.165) is 31.4 Å². The van der Waals surface area contributed by atoms with Gasteiger partial charge in [-0.05, 0) is 42.9 Å². The average Bonchev–Trinajstić information content (AvgIpc) is 2.62. The van der Waals surface area contributed by atoms with Gasteiger partial charge in [0.1, 0.15) is 5.82 Å². The number of nitrogens with one attached hydrogen (secondary N) is 1. The van der Waals surface area contributed by atoms with E-state index >= 15 is 0 Å². The molecule has 88 valence electrons. The van der Waals surface area contributed by atoms with Crippen LogP contribution < -0.4 is 5.32 Å². The van der Waals surface area contributed by atoms with Crippen molar-refractivity contribution in [2.24, 2.45) is 0 Å². The molecule has 1 aromatic heterocycles. The molecule has 1 aromatic rings. The first-order chi connectivity index (χ1) is 7.65. The summed E-state index contributed by atoms with van der Waals surface area (Å²) in [7, 11) is 0. The Morgan fingerprint density at radius 3 is 3.12 bits per heavy atom. The molecule has 1 fully saturated rings. The van der Waals surface area contributed by atoms with E-state index < -0.39 is 0 Å². The van der Waals surface area contributed by atoms with Crippen LogP contribution in [0.25, 0.3) is 0 Å². The highest BCUT2D eigenvalue weighted by molar-refractivity contribution is 5.25. The molecule has 0 bridgehead atoms. The van der Waals surface area contributed by atoms with E-state index in [1.807, 2.05) is 6.07 Å². The van der Waals surface area contributed by atoms with Gasteiger partial charge in [-0.2, -0.15) is 0 Å². The topological polar surface area (TPSA) is 24.9 Å². The van der Waals surface area contributed by atoms with Crippen LogP contribution in [0, 0.1) is 5.82 Å². The molecular weight excluding hydrogens is 203 g/mol. The van der Waals surface area contributed by atoms with Crippen LogP contribution in [-0.4, -0.2) is 17.6 Å². The Labute approximate surface area is 96.3 Å². The van der Waals surface area contributed by atoms with Gasteiger partial charge in [-0.25, -0.2) is 4.39 Å². The van der Waals surface area contributed by atoms with Crippen molar-refractivity contribution in [3.8, 4) is 0 Å². The summed E-state index contributed by atoms with van der Waals surface area (Å²) in [6.07, 6.45) is 6.20. The largest absolute Gasteiger partial charge is 0.314 e. The Balaban J connectivity index is 2.18.